The Morgan fingerprint density at radius 3 is 2.47 bits per heavy atom. The van der Waals surface area contributed by atoms with Gasteiger partial charge in [-0.2, -0.15) is 0 Å². The Morgan fingerprint density at radius 1 is 1.00 bits per heavy atom. The maximum Gasteiger partial charge on any atom is 0.00106 e. The molecule has 1 heteroatoms. The van der Waals surface area contributed by atoms with Gasteiger partial charge >= 0.3 is 0 Å². The zero-order valence-corrected chi connectivity index (χ0v) is 13.3. The first-order chi connectivity index (χ1) is 9.30. The van der Waals surface area contributed by atoms with Crippen LogP contribution < -0.4 is 5.32 Å². The summed E-state index contributed by atoms with van der Waals surface area (Å²) in [6.45, 7) is 7.13. The van der Waals surface area contributed by atoms with Gasteiger partial charge in [-0.3, -0.25) is 0 Å². The van der Waals surface area contributed by atoms with E-state index in [1.807, 2.05) is 0 Å². The van der Waals surface area contributed by atoms with E-state index in [2.05, 4.69) is 19.2 Å². The second-order valence-corrected chi connectivity index (χ2v) is 7.28. The van der Waals surface area contributed by atoms with Crippen LogP contribution in [0.15, 0.2) is 0 Å². The highest BCUT2D eigenvalue weighted by Crippen LogP contribution is 2.57. The van der Waals surface area contributed by atoms with Crippen molar-refractivity contribution in [3.05, 3.63) is 0 Å². The minimum atomic E-state index is 0.699. The highest BCUT2D eigenvalue weighted by Gasteiger charge is 2.49. The molecule has 19 heavy (non-hydrogen) atoms. The molecule has 2 bridgehead atoms. The average Bonchev–Trinajstić information content (AvgIpc) is 3.00. The number of rotatable bonds is 10. The Bertz CT molecular complexity index is 250. The molecule has 3 unspecified atom stereocenters. The number of unbranched alkanes of at least 4 members (excludes halogenated alkanes) is 4. The molecular weight excluding hydrogens is 230 g/mol. The van der Waals surface area contributed by atoms with Crippen LogP contribution in [0.4, 0.5) is 0 Å². The summed E-state index contributed by atoms with van der Waals surface area (Å²) in [5.41, 5.74) is 0.699. The summed E-state index contributed by atoms with van der Waals surface area (Å²) in [6, 6.07) is 0. The monoisotopic (exact) mass is 265 g/mol. The maximum atomic E-state index is 3.75. The van der Waals surface area contributed by atoms with Gasteiger partial charge in [0.05, 0.1) is 0 Å². The molecule has 0 aromatic carbocycles. The smallest absolute Gasteiger partial charge is 0.00106 e. The van der Waals surface area contributed by atoms with Crippen LogP contribution in [0.2, 0.25) is 0 Å². The molecule has 0 radical (unpaired) electrons. The molecule has 0 amide bonds. The molecule has 0 aromatic rings. The van der Waals surface area contributed by atoms with Crippen LogP contribution in [0.25, 0.3) is 0 Å². The van der Waals surface area contributed by atoms with Crippen molar-refractivity contribution in [1.29, 1.82) is 0 Å². The first-order valence-electron chi connectivity index (χ1n) is 9.01. The number of fused-ring (bicyclic) bond motifs is 2. The van der Waals surface area contributed by atoms with E-state index in [9.17, 15) is 0 Å². The van der Waals surface area contributed by atoms with Crippen LogP contribution >= 0.6 is 0 Å². The standard InChI is InChI=1S/C18H35N/c1-3-5-6-7-8-11-18(15-19-12-4-2)14-16-9-10-17(18)13-16/h16-17,19H,3-15H2,1-2H3. The highest BCUT2D eigenvalue weighted by atomic mass is 14.9. The van der Waals surface area contributed by atoms with Crippen LogP contribution in [0.3, 0.4) is 0 Å². The van der Waals surface area contributed by atoms with Gasteiger partial charge in [0.2, 0.25) is 0 Å². The Kier molecular flexibility index (Phi) is 6.19. The third-order valence-electron chi connectivity index (χ3n) is 5.78. The topological polar surface area (TPSA) is 12.0 Å². The maximum absolute atomic E-state index is 3.75. The lowest BCUT2D eigenvalue weighted by molar-refractivity contribution is 0.138. The first kappa shape index (κ1) is 15.4. The van der Waals surface area contributed by atoms with E-state index in [0.29, 0.717) is 5.41 Å². The van der Waals surface area contributed by atoms with E-state index < -0.39 is 0 Å². The van der Waals surface area contributed by atoms with Gasteiger partial charge < -0.3 is 5.32 Å². The molecule has 0 aliphatic heterocycles. The minimum Gasteiger partial charge on any atom is -0.316 e. The predicted octanol–water partition coefficient (Wildman–Crippen LogP) is 5.15. The van der Waals surface area contributed by atoms with Crippen LogP contribution in [-0.4, -0.2) is 13.1 Å². The summed E-state index contributed by atoms with van der Waals surface area (Å²) in [4.78, 5) is 0. The lowest BCUT2D eigenvalue weighted by Crippen LogP contribution is -2.39. The van der Waals surface area contributed by atoms with Gasteiger partial charge in [-0.05, 0) is 55.9 Å². The normalized spacial score (nSPS) is 33.2. The zero-order chi connectivity index (χ0) is 13.6. The zero-order valence-electron chi connectivity index (χ0n) is 13.3. The molecule has 2 saturated carbocycles. The van der Waals surface area contributed by atoms with Crippen LogP contribution in [0.5, 0.6) is 0 Å². The average molecular weight is 265 g/mol. The largest absolute Gasteiger partial charge is 0.316 e. The van der Waals surface area contributed by atoms with Crippen molar-refractivity contribution >= 4 is 0 Å². The van der Waals surface area contributed by atoms with Crippen molar-refractivity contribution in [2.75, 3.05) is 13.1 Å². The Balaban J connectivity index is 1.77. The molecule has 0 heterocycles. The van der Waals surface area contributed by atoms with Gasteiger partial charge in [-0.1, -0.05) is 52.4 Å². The molecule has 0 aromatic heterocycles. The van der Waals surface area contributed by atoms with Gasteiger partial charge in [0.15, 0.2) is 0 Å². The molecule has 2 aliphatic carbocycles. The van der Waals surface area contributed by atoms with Gasteiger partial charge in [-0.15, -0.1) is 0 Å². The second kappa shape index (κ2) is 7.67. The molecule has 2 aliphatic rings. The first-order valence-corrected chi connectivity index (χ1v) is 9.01. The van der Waals surface area contributed by atoms with E-state index in [4.69, 9.17) is 0 Å². The van der Waals surface area contributed by atoms with Crippen molar-refractivity contribution in [2.45, 2.75) is 84.5 Å². The van der Waals surface area contributed by atoms with Crippen molar-refractivity contribution < 1.29 is 0 Å². The molecule has 2 fully saturated rings. The Morgan fingerprint density at radius 2 is 1.84 bits per heavy atom. The molecule has 0 spiro atoms. The Labute approximate surface area is 120 Å². The third kappa shape index (κ3) is 3.97. The summed E-state index contributed by atoms with van der Waals surface area (Å²) in [7, 11) is 0. The minimum absolute atomic E-state index is 0.699. The third-order valence-corrected chi connectivity index (χ3v) is 5.78. The molecule has 2 rings (SSSR count). The fraction of sp³-hybridized carbons (Fsp3) is 1.00. The van der Waals surface area contributed by atoms with E-state index in [0.717, 1.165) is 11.8 Å². The number of nitrogens with one attached hydrogen (secondary N) is 1. The summed E-state index contributed by atoms with van der Waals surface area (Å²) in [5.74, 6) is 2.15. The van der Waals surface area contributed by atoms with Crippen molar-refractivity contribution in [3.63, 3.8) is 0 Å². The molecule has 0 saturated heterocycles. The van der Waals surface area contributed by atoms with Gasteiger partial charge in [0.1, 0.15) is 0 Å². The Hall–Kier alpha value is -0.0400. The lowest BCUT2D eigenvalue weighted by atomic mass is 9.69. The van der Waals surface area contributed by atoms with Gasteiger partial charge in [-0.25, -0.2) is 0 Å². The molecule has 3 atom stereocenters. The molecule has 1 nitrogen and oxygen atoms in total. The fourth-order valence-corrected chi connectivity index (χ4v) is 4.76. The molecule has 112 valence electrons. The van der Waals surface area contributed by atoms with E-state index in [-0.39, 0.29) is 0 Å². The fourth-order valence-electron chi connectivity index (χ4n) is 4.76. The van der Waals surface area contributed by atoms with Crippen LogP contribution in [0, 0.1) is 17.3 Å². The van der Waals surface area contributed by atoms with E-state index >= 15 is 0 Å². The predicted molar refractivity (Wildman–Crippen MR) is 84.4 cm³/mol. The molecular formula is C18H35N. The van der Waals surface area contributed by atoms with Gasteiger partial charge in [0, 0.05) is 6.54 Å². The summed E-state index contributed by atoms with van der Waals surface area (Å²) in [6.07, 6.45) is 16.2. The summed E-state index contributed by atoms with van der Waals surface area (Å²) < 4.78 is 0. The van der Waals surface area contributed by atoms with Crippen molar-refractivity contribution in [3.8, 4) is 0 Å². The summed E-state index contributed by atoms with van der Waals surface area (Å²) >= 11 is 0. The summed E-state index contributed by atoms with van der Waals surface area (Å²) in [5, 5.41) is 3.75. The van der Waals surface area contributed by atoms with Crippen molar-refractivity contribution in [2.24, 2.45) is 17.3 Å². The second-order valence-electron chi connectivity index (χ2n) is 7.28. The number of hydrogen-bond donors (Lipinski definition) is 1. The highest BCUT2D eigenvalue weighted by molar-refractivity contribution is 5.01. The van der Waals surface area contributed by atoms with E-state index in [1.54, 1.807) is 12.8 Å². The van der Waals surface area contributed by atoms with Crippen LogP contribution in [0.1, 0.15) is 84.5 Å². The SMILES string of the molecule is CCCCCCCC1(CNCCC)CC2CCC1C2. The van der Waals surface area contributed by atoms with Crippen LogP contribution in [-0.2, 0) is 0 Å². The quantitative estimate of drug-likeness (QED) is 0.538. The number of hydrogen-bond acceptors (Lipinski definition) is 1. The lowest BCUT2D eigenvalue weighted by Gasteiger charge is -2.38. The molecule has 1 N–H and O–H groups in total. The van der Waals surface area contributed by atoms with Crippen molar-refractivity contribution in [1.82, 2.24) is 5.32 Å². The van der Waals surface area contributed by atoms with E-state index in [1.165, 1.54) is 70.9 Å². The van der Waals surface area contributed by atoms with Gasteiger partial charge in [0.25, 0.3) is 0 Å².